The summed E-state index contributed by atoms with van der Waals surface area (Å²) in [6.07, 6.45) is 5.24. The van der Waals surface area contributed by atoms with Crippen molar-refractivity contribution in [2.24, 2.45) is 5.92 Å². The molecule has 94 valence electrons. The van der Waals surface area contributed by atoms with Crippen LogP contribution in [0.25, 0.3) is 0 Å². The van der Waals surface area contributed by atoms with E-state index in [1.165, 1.54) is 24.8 Å². The van der Waals surface area contributed by atoms with Crippen LogP contribution >= 0.6 is 15.9 Å². The molecule has 0 radical (unpaired) electrons. The summed E-state index contributed by atoms with van der Waals surface area (Å²) in [5, 5.41) is 3.42. The van der Waals surface area contributed by atoms with Crippen LogP contribution in [0.1, 0.15) is 24.8 Å². The van der Waals surface area contributed by atoms with Crippen LogP contribution in [-0.2, 0) is 6.42 Å². The topological polar surface area (TPSA) is 21.3 Å². The highest BCUT2D eigenvalue weighted by molar-refractivity contribution is 9.10. The molecule has 1 aliphatic carbocycles. The average Bonchev–Trinajstić information content (AvgIpc) is 3.12. The molecule has 2 nitrogen and oxygen atoms in total. The van der Waals surface area contributed by atoms with Gasteiger partial charge in [0.25, 0.3) is 0 Å². The minimum Gasteiger partial charge on any atom is -0.496 e. The summed E-state index contributed by atoms with van der Waals surface area (Å²) in [4.78, 5) is 0. The van der Waals surface area contributed by atoms with Gasteiger partial charge in [0.15, 0.2) is 0 Å². The summed E-state index contributed by atoms with van der Waals surface area (Å²) in [7, 11) is 3.76. The van der Waals surface area contributed by atoms with E-state index in [9.17, 15) is 0 Å². The molecule has 0 saturated heterocycles. The van der Waals surface area contributed by atoms with Gasteiger partial charge in [0.1, 0.15) is 5.75 Å². The number of nitrogens with one attached hydrogen (secondary N) is 1. The molecule has 17 heavy (non-hydrogen) atoms. The smallest absolute Gasteiger partial charge is 0.133 e. The van der Waals surface area contributed by atoms with E-state index in [1.807, 2.05) is 6.07 Å². The van der Waals surface area contributed by atoms with Gasteiger partial charge in [0.2, 0.25) is 0 Å². The first-order chi connectivity index (χ1) is 8.22. The van der Waals surface area contributed by atoms with Crippen molar-refractivity contribution in [3.05, 3.63) is 28.2 Å². The van der Waals surface area contributed by atoms with Crippen LogP contribution in [0.3, 0.4) is 0 Å². The van der Waals surface area contributed by atoms with Crippen molar-refractivity contribution in [1.82, 2.24) is 5.32 Å². The van der Waals surface area contributed by atoms with Gasteiger partial charge in [-0.1, -0.05) is 18.9 Å². The van der Waals surface area contributed by atoms with Crippen molar-refractivity contribution < 1.29 is 4.74 Å². The van der Waals surface area contributed by atoms with Crippen LogP contribution in [0, 0.1) is 5.92 Å². The Kier molecular flexibility index (Phi) is 4.46. The van der Waals surface area contributed by atoms with Gasteiger partial charge >= 0.3 is 0 Å². The van der Waals surface area contributed by atoms with Crippen LogP contribution in [-0.4, -0.2) is 20.2 Å². The Bertz CT molecular complexity index is 376. The molecule has 1 N–H and O–H groups in total. The van der Waals surface area contributed by atoms with E-state index in [-0.39, 0.29) is 0 Å². The van der Waals surface area contributed by atoms with E-state index in [0.717, 1.165) is 22.6 Å². The molecule has 0 spiro atoms. The van der Waals surface area contributed by atoms with Gasteiger partial charge in [0.05, 0.1) is 11.6 Å². The molecular formula is C14H20BrNO. The van der Waals surface area contributed by atoms with Crippen molar-refractivity contribution in [1.29, 1.82) is 0 Å². The first-order valence-electron chi connectivity index (χ1n) is 6.22. The molecule has 0 amide bonds. The van der Waals surface area contributed by atoms with E-state index in [2.05, 4.69) is 40.4 Å². The Morgan fingerprint density at radius 1 is 1.47 bits per heavy atom. The monoisotopic (exact) mass is 297 g/mol. The van der Waals surface area contributed by atoms with Crippen LogP contribution in [0.2, 0.25) is 0 Å². The van der Waals surface area contributed by atoms with E-state index in [1.54, 1.807) is 7.11 Å². The summed E-state index contributed by atoms with van der Waals surface area (Å²) >= 11 is 3.54. The molecule has 1 aromatic carbocycles. The molecular weight excluding hydrogens is 278 g/mol. The van der Waals surface area contributed by atoms with Gasteiger partial charge < -0.3 is 10.1 Å². The molecule has 0 aliphatic heterocycles. The number of hydrogen-bond acceptors (Lipinski definition) is 2. The maximum absolute atomic E-state index is 5.24. The van der Waals surface area contributed by atoms with Crippen molar-refractivity contribution in [2.45, 2.75) is 31.7 Å². The molecule has 1 atom stereocenters. The fraction of sp³-hybridized carbons (Fsp3) is 0.571. The Morgan fingerprint density at radius 2 is 2.24 bits per heavy atom. The number of benzene rings is 1. The van der Waals surface area contributed by atoms with E-state index < -0.39 is 0 Å². The quantitative estimate of drug-likeness (QED) is 0.869. The molecule has 2 rings (SSSR count). The largest absolute Gasteiger partial charge is 0.496 e. The van der Waals surface area contributed by atoms with Gasteiger partial charge in [-0.25, -0.2) is 0 Å². The summed E-state index contributed by atoms with van der Waals surface area (Å²) < 4.78 is 6.28. The lowest BCUT2D eigenvalue weighted by Gasteiger charge is -2.16. The third-order valence-corrected chi connectivity index (χ3v) is 4.04. The maximum atomic E-state index is 5.24. The van der Waals surface area contributed by atoms with E-state index in [4.69, 9.17) is 4.74 Å². The van der Waals surface area contributed by atoms with Crippen molar-refractivity contribution in [3.8, 4) is 5.75 Å². The maximum Gasteiger partial charge on any atom is 0.133 e. The molecule has 1 saturated carbocycles. The Morgan fingerprint density at radius 3 is 2.76 bits per heavy atom. The molecule has 3 heteroatoms. The number of rotatable bonds is 6. The molecule has 1 aromatic rings. The second-order valence-electron chi connectivity index (χ2n) is 4.84. The van der Waals surface area contributed by atoms with E-state index >= 15 is 0 Å². The number of hydrogen-bond donors (Lipinski definition) is 1. The van der Waals surface area contributed by atoms with Crippen LogP contribution in [0.15, 0.2) is 22.7 Å². The third kappa shape index (κ3) is 3.71. The SMILES string of the molecule is CNC(Cc1ccc(OC)c(Br)c1)CC1CC1. The number of halogens is 1. The van der Waals surface area contributed by atoms with Crippen molar-refractivity contribution >= 4 is 15.9 Å². The Balaban J connectivity index is 1.98. The summed E-state index contributed by atoms with van der Waals surface area (Å²) in [6, 6.07) is 6.95. The number of likely N-dealkylation sites (N-methyl/N-ethyl adjacent to an activating group) is 1. The van der Waals surface area contributed by atoms with Crippen LogP contribution < -0.4 is 10.1 Å². The average molecular weight is 298 g/mol. The van der Waals surface area contributed by atoms with Crippen molar-refractivity contribution in [2.75, 3.05) is 14.2 Å². The second-order valence-corrected chi connectivity index (χ2v) is 5.69. The number of ether oxygens (including phenoxy) is 1. The van der Waals surface area contributed by atoms with Gasteiger partial charge in [0, 0.05) is 6.04 Å². The fourth-order valence-corrected chi connectivity index (χ4v) is 2.77. The zero-order chi connectivity index (χ0) is 12.3. The fourth-order valence-electron chi connectivity index (χ4n) is 2.18. The molecule has 0 bridgehead atoms. The molecule has 0 heterocycles. The lowest BCUT2D eigenvalue weighted by molar-refractivity contribution is 0.411. The highest BCUT2D eigenvalue weighted by Crippen LogP contribution is 2.34. The first-order valence-corrected chi connectivity index (χ1v) is 7.02. The molecule has 0 aromatic heterocycles. The molecule has 1 aliphatic rings. The minimum atomic E-state index is 0.600. The highest BCUT2D eigenvalue weighted by Gasteiger charge is 2.24. The lowest BCUT2D eigenvalue weighted by atomic mass is 10.0. The van der Waals surface area contributed by atoms with Gasteiger partial charge in [-0.3, -0.25) is 0 Å². The van der Waals surface area contributed by atoms with Crippen LogP contribution in [0.5, 0.6) is 5.75 Å². The number of methoxy groups -OCH3 is 1. The van der Waals surface area contributed by atoms with Gasteiger partial charge in [-0.05, 0) is 59.4 Å². The van der Waals surface area contributed by atoms with Gasteiger partial charge in [-0.2, -0.15) is 0 Å². The highest BCUT2D eigenvalue weighted by atomic mass is 79.9. The van der Waals surface area contributed by atoms with Gasteiger partial charge in [-0.15, -0.1) is 0 Å². The zero-order valence-corrected chi connectivity index (χ0v) is 12.1. The predicted octanol–water partition coefficient (Wildman–Crippen LogP) is 3.39. The standard InChI is InChI=1S/C14H20BrNO/c1-16-12(7-10-3-4-10)8-11-5-6-14(17-2)13(15)9-11/h5-6,9-10,12,16H,3-4,7-8H2,1-2H3. The summed E-state index contributed by atoms with van der Waals surface area (Å²) in [5.41, 5.74) is 1.36. The van der Waals surface area contributed by atoms with Crippen molar-refractivity contribution in [3.63, 3.8) is 0 Å². The predicted molar refractivity (Wildman–Crippen MR) is 74.6 cm³/mol. The van der Waals surface area contributed by atoms with Crippen LogP contribution in [0.4, 0.5) is 0 Å². The Labute approximate surface area is 112 Å². The third-order valence-electron chi connectivity index (χ3n) is 3.42. The normalized spacial score (nSPS) is 16.9. The molecule has 1 unspecified atom stereocenters. The second kappa shape index (κ2) is 5.87. The van der Waals surface area contributed by atoms with E-state index in [0.29, 0.717) is 6.04 Å². The lowest BCUT2D eigenvalue weighted by Crippen LogP contribution is -2.28. The Hall–Kier alpha value is -0.540. The minimum absolute atomic E-state index is 0.600. The summed E-state index contributed by atoms with van der Waals surface area (Å²) in [5.74, 6) is 1.87. The zero-order valence-electron chi connectivity index (χ0n) is 10.5. The first kappa shape index (κ1) is 12.9. The summed E-state index contributed by atoms with van der Waals surface area (Å²) in [6.45, 7) is 0. The molecule has 1 fully saturated rings.